The van der Waals surface area contributed by atoms with Crippen molar-refractivity contribution in [2.45, 2.75) is 31.2 Å². The third kappa shape index (κ3) is 4.43. The summed E-state index contributed by atoms with van der Waals surface area (Å²) in [5, 5.41) is 10.2. The fraction of sp³-hybridized carbons (Fsp3) is 0.688. The van der Waals surface area contributed by atoms with Gasteiger partial charge >= 0.3 is 6.03 Å². The molecular weight excluding hydrogens is 344 g/mol. The molecule has 8 nitrogen and oxygen atoms in total. The molecule has 1 aromatic heterocycles. The van der Waals surface area contributed by atoms with E-state index in [1.165, 1.54) is 0 Å². The Balaban J connectivity index is 0.00000225. The van der Waals surface area contributed by atoms with Crippen molar-refractivity contribution in [1.29, 1.82) is 0 Å². The second-order valence-electron chi connectivity index (χ2n) is 6.74. The molecule has 0 saturated carbocycles. The van der Waals surface area contributed by atoms with E-state index in [2.05, 4.69) is 15.7 Å². The van der Waals surface area contributed by atoms with Crippen LogP contribution in [0.1, 0.15) is 30.7 Å². The Hall–Kier alpha value is -1.80. The maximum Gasteiger partial charge on any atom is 0.312 e. The second-order valence-corrected chi connectivity index (χ2v) is 6.74. The van der Waals surface area contributed by atoms with E-state index in [-0.39, 0.29) is 36.2 Å². The molecule has 0 bridgehead atoms. The number of aromatic nitrogens is 2. The predicted octanol–water partition coefficient (Wildman–Crippen LogP) is 0.194. The first-order valence-electron chi connectivity index (χ1n) is 8.59. The summed E-state index contributed by atoms with van der Waals surface area (Å²) in [6, 6.07) is -0.502. The van der Waals surface area contributed by atoms with Gasteiger partial charge in [0.15, 0.2) is 0 Å². The lowest BCUT2D eigenvalue weighted by Gasteiger charge is -2.38. The van der Waals surface area contributed by atoms with E-state index in [1.807, 2.05) is 24.3 Å². The largest absolute Gasteiger partial charge is 0.352 e. The quantitative estimate of drug-likeness (QED) is 0.703. The number of aryl methyl sites for hydroxylation is 1. The van der Waals surface area contributed by atoms with Crippen LogP contribution < -0.4 is 16.4 Å². The highest BCUT2D eigenvalue weighted by atomic mass is 35.5. The maximum absolute atomic E-state index is 13.2. The minimum Gasteiger partial charge on any atom is -0.352 e. The van der Waals surface area contributed by atoms with Crippen molar-refractivity contribution in [3.63, 3.8) is 0 Å². The van der Waals surface area contributed by atoms with Gasteiger partial charge in [0.05, 0.1) is 12.1 Å². The number of nitrogens with zero attached hydrogens (tertiary/aromatic N) is 3. The summed E-state index contributed by atoms with van der Waals surface area (Å²) in [5.74, 6) is 0.242. The molecule has 0 spiro atoms. The summed E-state index contributed by atoms with van der Waals surface area (Å²) in [5.41, 5.74) is 6.28. The zero-order chi connectivity index (χ0) is 17.1. The molecule has 1 unspecified atom stereocenters. The molecule has 0 radical (unpaired) electrons. The highest BCUT2D eigenvalue weighted by Crippen LogP contribution is 2.31. The molecule has 140 valence electrons. The molecule has 4 N–H and O–H groups in total. The van der Waals surface area contributed by atoms with Gasteiger partial charge < -0.3 is 21.3 Å². The number of urea groups is 1. The molecule has 2 fully saturated rings. The molecule has 25 heavy (non-hydrogen) atoms. The van der Waals surface area contributed by atoms with E-state index < -0.39 is 6.03 Å². The van der Waals surface area contributed by atoms with Crippen LogP contribution in [0.3, 0.4) is 0 Å². The summed E-state index contributed by atoms with van der Waals surface area (Å²) in [6.45, 7) is 2.66. The van der Waals surface area contributed by atoms with E-state index in [4.69, 9.17) is 5.73 Å². The molecular formula is C16H27ClN6O2. The summed E-state index contributed by atoms with van der Waals surface area (Å²) in [7, 11) is 1.89. The van der Waals surface area contributed by atoms with Crippen molar-refractivity contribution in [3.8, 4) is 0 Å². The SMILES string of the molecule is Cl.Cn1cc([C@H]2CNC[C@@H]2C(=O)N2CCCCC2CNC(N)=O)cn1. The monoisotopic (exact) mass is 370 g/mol. The number of amides is 3. The highest BCUT2D eigenvalue weighted by Gasteiger charge is 2.39. The number of carbonyl (C=O) groups is 2. The van der Waals surface area contributed by atoms with Gasteiger partial charge in [-0.25, -0.2) is 4.79 Å². The molecule has 3 amide bonds. The molecule has 1 aromatic rings. The average Bonchev–Trinajstić information content (AvgIpc) is 3.21. The topological polar surface area (TPSA) is 105 Å². The third-order valence-electron chi connectivity index (χ3n) is 5.11. The third-order valence-corrected chi connectivity index (χ3v) is 5.11. The summed E-state index contributed by atoms with van der Waals surface area (Å²) in [4.78, 5) is 26.1. The van der Waals surface area contributed by atoms with Gasteiger partial charge in [0.25, 0.3) is 0 Å². The van der Waals surface area contributed by atoms with E-state index >= 15 is 0 Å². The lowest BCUT2D eigenvalue weighted by Crippen LogP contribution is -2.52. The Morgan fingerprint density at radius 1 is 1.40 bits per heavy atom. The standard InChI is InChI=1S/C16H26N6O2.ClH/c1-21-10-11(6-20-21)13-8-18-9-14(13)15(23)22-5-3-2-4-12(22)7-19-16(17)24;/h6,10,12-14,18H,2-5,7-9H2,1H3,(H3,17,19,24);1H/t12?,13-,14+;/m1./s1. The molecule has 2 saturated heterocycles. The van der Waals surface area contributed by atoms with Crippen molar-refractivity contribution < 1.29 is 9.59 Å². The van der Waals surface area contributed by atoms with Gasteiger partial charge in [-0.1, -0.05) is 0 Å². The molecule has 3 rings (SSSR count). The Morgan fingerprint density at radius 2 is 2.20 bits per heavy atom. The Bertz CT molecular complexity index is 607. The molecule has 0 aromatic carbocycles. The first-order valence-corrected chi connectivity index (χ1v) is 8.59. The molecule has 0 aliphatic carbocycles. The smallest absolute Gasteiger partial charge is 0.312 e. The van der Waals surface area contributed by atoms with Crippen molar-refractivity contribution >= 4 is 24.3 Å². The minimum atomic E-state index is -0.538. The number of nitrogens with one attached hydrogen (secondary N) is 2. The molecule has 2 aliphatic rings. The van der Waals surface area contributed by atoms with Gasteiger partial charge in [-0.05, 0) is 24.8 Å². The highest BCUT2D eigenvalue weighted by molar-refractivity contribution is 5.85. The van der Waals surface area contributed by atoms with Crippen LogP contribution in [0.5, 0.6) is 0 Å². The van der Waals surface area contributed by atoms with Crippen LogP contribution in [0.4, 0.5) is 4.79 Å². The van der Waals surface area contributed by atoms with Crippen molar-refractivity contribution in [3.05, 3.63) is 18.0 Å². The van der Waals surface area contributed by atoms with Gasteiger partial charge in [0.1, 0.15) is 0 Å². The van der Waals surface area contributed by atoms with Crippen LogP contribution in [0.25, 0.3) is 0 Å². The average molecular weight is 371 g/mol. The van der Waals surface area contributed by atoms with Crippen LogP contribution in [0, 0.1) is 5.92 Å². The Morgan fingerprint density at radius 3 is 2.88 bits per heavy atom. The number of piperidine rings is 1. The van der Waals surface area contributed by atoms with Crippen LogP contribution in [-0.2, 0) is 11.8 Å². The number of hydrogen-bond donors (Lipinski definition) is 3. The lowest BCUT2D eigenvalue weighted by molar-refractivity contribution is -0.139. The number of likely N-dealkylation sites (tertiary alicyclic amines) is 1. The van der Waals surface area contributed by atoms with Crippen molar-refractivity contribution in [2.75, 3.05) is 26.2 Å². The Labute approximate surface area is 153 Å². The normalized spacial score (nSPS) is 26.1. The molecule has 3 atom stereocenters. The zero-order valence-electron chi connectivity index (χ0n) is 14.5. The van der Waals surface area contributed by atoms with Crippen LogP contribution in [0.2, 0.25) is 0 Å². The first kappa shape index (κ1) is 19.5. The van der Waals surface area contributed by atoms with Gasteiger partial charge in [-0.2, -0.15) is 5.10 Å². The number of hydrogen-bond acceptors (Lipinski definition) is 4. The van der Waals surface area contributed by atoms with Gasteiger partial charge in [-0.15, -0.1) is 12.4 Å². The van der Waals surface area contributed by atoms with Gasteiger partial charge in [-0.3, -0.25) is 9.48 Å². The first-order chi connectivity index (χ1) is 11.6. The summed E-state index contributed by atoms with van der Waals surface area (Å²) in [6.07, 6.45) is 6.82. The number of nitrogens with two attached hydrogens (primary N) is 1. The predicted molar refractivity (Wildman–Crippen MR) is 96.5 cm³/mol. The second kappa shape index (κ2) is 8.53. The zero-order valence-corrected chi connectivity index (χ0v) is 15.3. The summed E-state index contributed by atoms with van der Waals surface area (Å²) >= 11 is 0. The van der Waals surface area contributed by atoms with Crippen LogP contribution >= 0.6 is 12.4 Å². The molecule has 9 heteroatoms. The van der Waals surface area contributed by atoms with Gasteiger partial charge in [0, 0.05) is 51.4 Å². The van der Waals surface area contributed by atoms with Crippen molar-refractivity contribution in [2.24, 2.45) is 18.7 Å². The maximum atomic E-state index is 13.2. The number of rotatable bonds is 4. The lowest BCUT2D eigenvalue weighted by atomic mass is 9.88. The number of carbonyl (C=O) groups excluding carboxylic acids is 2. The van der Waals surface area contributed by atoms with Crippen LogP contribution in [-0.4, -0.2) is 58.8 Å². The number of halogens is 1. The Kier molecular flexibility index (Phi) is 6.66. The summed E-state index contributed by atoms with van der Waals surface area (Å²) < 4.78 is 1.77. The van der Waals surface area contributed by atoms with E-state index in [9.17, 15) is 9.59 Å². The number of primary amides is 1. The van der Waals surface area contributed by atoms with Gasteiger partial charge in [0.2, 0.25) is 5.91 Å². The fourth-order valence-electron chi connectivity index (χ4n) is 3.85. The van der Waals surface area contributed by atoms with E-state index in [0.717, 1.165) is 37.9 Å². The fourth-order valence-corrected chi connectivity index (χ4v) is 3.85. The van der Waals surface area contributed by atoms with E-state index in [1.54, 1.807) is 4.68 Å². The molecule has 2 aliphatic heterocycles. The van der Waals surface area contributed by atoms with E-state index in [0.29, 0.717) is 13.1 Å². The minimum absolute atomic E-state index is 0. The molecule has 3 heterocycles. The van der Waals surface area contributed by atoms with Crippen molar-refractivity contribution in [1.82, 2.24) is 25.3 Å². The van der Waals surface area contributed by atoms with Crippen LogP contribution in [0.15, 0.2) is 12.4 Å².